The van der Waals surface area contributed by atoms with E-state index < -0.39 is 4.92 Å². The first kappa shape index (κ1) is 11.4. The lowest BCUT2D eigenvalue weighted by molar-refractivity contribution is -0.384. The Morgan fingerprint density at radius 1 is 1.21 bits per heavy atom. The minimum absolute atomic E-state index is 0.0112. The van der Waals surface area contributed by atoms with E-state index in [0.717, 1.165) is 11.1 Å². The number of hydrogen-bond donors (Lipinski definition) is 0. The van der Waals surface area contributed by atoms with E-state index in [1.807, 2.05) is 31.2 Å². The maximum absolute atomic E-state index is 10.7. The molecule has 0 saturated heterocycles. The minimum atomic E-state index is -0.443. The summed E-state index contributed by atoms with van der Waals surface area (Å²) in [6.45, 7) is 1.96. The van der Waals surface area contributed by atoms with Crippen LogP contribution in [0.25, 0.3) is 22.6 Å². The van der Waals surface area contributed by atoms with Crippen molar-refractivity contribution >= 4 is 16.8 Å². The predicted molar refractivity (Wildman–Crippen MR) is 70.8 cm³/mol. The van der Waals surface area contributed by atoms with Gasteiger partial charge in [-0.1, -0.05) is 18.2 Å². The second kappa shape index (κ2) is 4.20. The van der Waals surface area contributed by atoms with Gasteiger partial charge in [-0.3, -0.25) is 10.1 Å². The van der Waals surface area contributed by atoms with Gasteiger partial charge in [-0.25, -0.2) is 4.98 Å². The number of benzene rings is 2. The lowest BCUT2D eigenvalue weighted by atomic mass is 10.1. The second-order valence-electron chi connectivity index (χ2n) is 4.24. The van der Waals surface area contributed by atoms with Crippen molar-refractivity contribution in [2.75, 3.05) is 0 Å². The van der Waals surface area contributed by atoms with E-state index in [-0.39, 0.29) is 5.69 Å². The summed E-state index contributed by atoms with van der Waals surface area (Å²) in [4.78, 5) is 14.6. The summed E-state index contributed by atoms with van der Waals surface area (Å²) in [6.07, 6.45) is 0. The molecule has 1 aromatic heterocycles. The number of aryl methyl sites for hydroxylation is 1. The smallest absolute Gasteiger partial charge is 0.271 e. The van der Waals surface area contributed by atoms with E-state index in [1.165, 1.54) is 12.1 Å². The van der Waals surface area contributed by atoms with Crippen LogP contribution in [0.3, 0.4) is 0 Å². The lowest BCUT2D eigenvalue weighted by Crippen LogP contribution is -1.86. The molecule has 2 aromatic carbocycles. The summed E-state index contributed by atoms with van der Waals surface area (Å²) in [5, 5.41) is 10.7. The standard InChI is InChI=1S/C14H10N2O3/c1-9-4-2-3-5-11(9)14-15-12-8-10(16(17)18)6-7-13(12)19-14/h2-8H,1H3. The normalized spacial score (nSPS) is 10.8. The maximum Gasteiger partial charge on any atom is 0.271 e. The van der Waals surface area contributed by atoms with E-state index in [1.54, 1.807) is 6.07 Å². The van der Waals surface area contributed by atoms with Gasteiger partial charge in [0.05, 0.1) is 4.92 Å². The molecule has 3 aromatic rings. The number of nitrogens with zero attached hydrogens (tertiary/aromatic N) is 2. The summed E-state index contributed by atoms with van der Waals surface area (Å²) < 4.78 is 5.64. The van der Waals surface area contributed by atoms with E-state index in [2.05, 4.69) is 4.98 Å². The molecule has 19 heavy (non-hydrogen) atoms. The molecule has 0 amide bonds. The predicted octanol–water partition coefficient (Wildman–Crippen LogP) is 3.71. The maximum atomic E-state index is 10.7. The first-order valence-electron chi connectivity index (χ1n) is 5.76. The highest BCUT2D eigenvalue weighted by Gasteiger charge is 2.13. The number of rotatable bonds is 2. The molecule has 0 aliphatic heterocycles. The van der Waals surface area contributed by atoms with E-state index in [9.17, 15) is 10.1 Å². The number of oxazole rings is 1. The fourth-order valence-corrected chi connectivity index (χ4v) is 1.96. The summed E-state index contributed by atoms with van der Waals surface area (Å²) in [5.74, 6) is 0.480. The van der Waals surface area contributed by atoms with Gasteiger partial charge in [-0.2, -0.15) is 0 Å². The van der Waals surface area contributed by atoms with Crippen molar-refractivity contribution in [1.29, 1.82) is 0 Å². The number of hydrogen-bond acceptors (Lipinski definition) is 4. The molecular weight excluding hydrogens is 244 g/mol. The van der Waals surface area contributed by atoms with Crippen molar-refractivity contribution in [2.24, 2.45) is 0 Å². The molecule has 0 bridgehead atoms. The van der Waals surface area contributed by atoms with Crippen molar-refractivity contribution in [1.82, 2.24) is 4.98 Å². The first-order valence-corrected chi connectivity index (χ1v) is 5.76. The molecule has 0 radical (unpaired) electrons. The van der Waals surface area contributed by atoms with Gasteiger partial charge in [-0.05, 0) is 24.6 Å². The highest BCUT2D eigenvalue weighted by atomic mass is 16.6. The first-order chi connectivity index (χ1) is 9.15. The van der Waals surface area contributed by atoms with Crippen LogP contribution in [0.2, 0.25) is 0 Å². The molecule has 1 heterocycles. The third-order valence-corrected chi connectivity index (χ3v) is 2.96. The number of non-ortho nitro benzene ring substituents is 1. The van der Waals surface area contributed by atoms with Gasteiger partial charge in [0.1, 0.15) is 5.52 Å². The van der Waals surface area contributed by atoms with E-state index in [4.69, 9.17) is 4.42 Å². The zero-order valence-corrected chi connectivity index (χ0v) is 10.2. The molecule has 0 saturated carbocycles. The molecule has 0 N–H and O–H groups in total. The molecule has 5 heteroatoms. The van der Waals surface area contributed by atoms with Crippen LogP contribution in [0, 0.1) is 17.0 Å². The molecular formula is C14H10N2O3. The Morgan fingerprint density at radius 3 is 2.74 bits per heavy atom. The van der Waals surface area contributed by atoms with Crippen molar-refractivity contribution in [3.8, 4) is 11.5 Å². The Balaban J connectivity index is 2.17. The second-order valence-corrected chi connectivity index (χ2v) is 4.24. The van der Waals surface area contributed by atoms with Crippen LogP contribution < -0.4 is 0 Å². The Morgan fingerprint density at radius 2 is 2.00 bits per heavy atom. The Hall–Kier alpha value is -2.69. The van der Waals surface area contributed by atoms with Crippen molar-refractivity contribution in [3.63, 3.8) is 0 Å². The molecule has 5 nitrogen and oxygen atoms in total. The van der Waals surface area contributed by atoms with Crippen LogP contribution in [-0.4, -0.2) is 9.91 Å². The van der Waals surface area contributed by atoms with Gasteiger partial charge in [-0.15, -0.1) is 0 Å². The Labute approximate surface area is 108 Å². The summed E-state index contributed by atoms with van der Waals surface area (Å²) >= 11 is 0. The van der Waals surface area contributed by atoms with Crippen LogP contribution in [0.1, 0.15) is 5.56 Å². The largest absolute Gasteiger partial charge is 0.436 e. The average molecular weight is 254 g/mol. The van der Waals surface area contributed by atoms with Gasteiger partial charge in [0, 0.05) is 17.7 Å². The quantitative estimate of drug-likeness (QED) is 0.516. The molecule has 0 aliphatic carbocycles. The number of nitro groups is 1. The number of aromatic nitrogens is 1. The highest BCUT2D eigenvalue weighted by Crippen LogP contribution is 2.28. The molecule has 0 aliphatic rings. The molecule has 94 valence electrons. The minimum Gasteiger partial charge on any atom is -0.436 e. The number of fused-ring (bicyclic) bond motifs is 1. The van der Waals surface area contributed by atoms with Crippen LogP contribution in [0.15, 0.2) is 46.9 Å². The third-order valence-electron chi connectivity index (χ3n) is 2.96. The highest BCUT2D eigenvalue weighted by molar-refractivity contribution is 5.79. The van der Waals surface area contributed by atoms with Crippen LogP contribution in [0.4, 0.5) is 5.69 Å². The monoisotopic (exact) mass is 254 g/mol. The number of nitro benzene ring substituents is 1. The Kier molecular flexibility index (Phi) is 2.52. The van der Waals surface area contributed by atoms with Crippen LogP contribution in [-0.2, 0) is 0 Å². The summed E-state index contributed by atoms with van der Waals surface area (Å²) in [6, 6.07) is 12.1. The SMILES string of the molecule is Cc1ccccc1-c1nc2cc([N+](=O)[O-])ccc2o1. The molecule has 0 atom stereocenters. The molecule has 0 spiro atoms. The topological polar surface area (TPSA) is 69.2 Å². The van der Waals surface area contributed by atoms with Crippen molar-refractivity contribution in [2.45, 2.75) is 6.92 Å². The molecule has 0 fully saturated rings. The van der Waals surface area contributed by atoms with Gasteiger partial charge >= 0.3 is 0 Å². The third kappa shape index (κ3) is 1.95. The fraction of sp³-hybridized carbons (Fsp3) is 0.0714. The average Bonchev–Trinajstić information content (AvgIpc) is 2.81. The summed E-state index contributed by atoms with van der Waals surface area (Å²) in [7, 11) is 0. The van der Waals surface area contributed by atoms with Crippen LogP contribution >= 0.6 is 0 Å². The fourth-order valence-electron chi connectivity index (χ4n) is 1.96. The molecule has 3 rings (SSSR count). The lowest BCUT2D eigenvalue weighted by Gasteiger charge is -1.98. The van der Waals surface area contributed by atoms with Gasteiger partial charge < -0.3 is 4.42 Å². The van der Waals surface area contributed by atoms with Gasteiger partial charge in [0.15, 0.2) is 5.58 Å². The zero-order valence-electron chi connectivity index (χ0n) is 10.2. The molecule has 0 unspecified atom stereocenters. The van der Waals surface area contributed by atoms with Gasteiger partial charge in [0.2, 0.25) is 5.89 Å². The van der Waals surface area contributed by atoms with E-state index in [0.29, 0.717) is 17.0 Å². The van der Waals surface area contributed by atoms with Crippen LogP contribution in [0.5, 0.6) is 0 Å². The Bertz CT molecular complexity index is 777. The van der Waals surface area contributed by atoms with Gasteiger partial charge in [0.25, 0.3) is 5.69 Å². The zero-order chi connectivity index (χ0) is 13.4. The van der Waals surface area contributed by atoms with Crippen molar-refractivity contribution in [3.05, 3.63) is 58.1 Å². The van der Waals surface area contributed by atoms with E-state index >= 15 is 0 Å². The summed E-state index contributed by atoms with van der Waals surface area (Å²) in [5.41, 5.74) is 2.98. The van der Waals surface area contributed by atoms with Crippen molar-refractivity contribution < 1.29 is 9.34 Å².